The van der Waals surface area contributed by atoms with Crippen LogP contribution in [0.15, 0.2) is 4.99 Å². The largest absolute Gasteiger partial charge is 0.387 e. The fraction of sp³-hybridized carbons (Fsp3) is 0.929. The predicted octanol–water partition coefficient (Wildman–Crippen LogP) is 1.38. The first-order chi connectivity index (χ1) is 9.65. The molecule has 0 spiro atoms. The van der Waals surface area contributed by atoms with Crippen molar-refractivity contribution in [2.75, 3.05) is 20.3 Å². The number of rotatable bonds is 9. The molecule has 118 valence electrons. The highest BCUT2D eigenvalue weighted by atomic mass is 17.2. The molecule has 6 heteroatoms. The quantitative estimate of drug-likeness (QED) is 0.380. The molecule has 0 radical (unpaired) electrons. The van der Waals surface area contributed by atoms with E-state index in [2.05, 4.69) is 4.99 Å². The minimum Gasteiger partial charge on any atom is -0.387 e. The van der Waals surface area contributed by atoms with Gasteiger partial charge in [0.1, 0.15) is 0 Å². The molecule has 4 N–H and O–H groups in total. The van der Waals surface area contributed by atoms with Crippen molar-refractivity contribution in [3.8, 4) is 0 Å². The average molecular weight is 287 g/mol. The van der Waals surface area contributed by atoms with Crippen LogP contribution in [-0.2, 0) is 14.5 Å². The first-order valence-electron chi connectivity index (χ1n) is 7.50. The van der Waals surface area contributed by atoms with E-state index in [1.807, 2.05) is 6.92 Å². The maximum absolute atomic E-state index is 6.01. The van der Waals surface area contributed by atoms with E-state index in [1.165, 1.54) is 6.42 Å². The number of aliphatic imine (C=N–C) groups is 1. The van der Waals surface area contributed by atoms with Crippen molar-refractivity contribution in [2.24, 2.45) is 16.5 Å². The van der Waals surface area contributed by atoms with Crippen LogP contribution in [0.25, 0.3) is 0 Å². The third-order valence-electron chi connectivity index (χ3n) is 3.49. The van der Waals surface area contributed by atoms with Crippen LogP contribution in [0.5, 0.6) is 0 Å². The molecule has 3 atom stereocenters. The average Bonchev–Trinajstić information content (AvgIpc) is 2.62. The van der Waals surface area contributed by atoms with E-state index >= 15 is 0 Å². The number of methoxy groups -OCH3 is 1. The van der Waals surface area contributed by atoms with Crippen LogP contribution in [0.4, 0.5) is 0 Å². The summed E-state index contributed by atoms with van der Waals surface area (Å²) in [7, 11) is 1.71. The van der Waals surface area contributed by atoms with E-state index in [0.717, 1.165) is 37.9 Å². The molecule has 6 nitrogen and oxygen atoms in total. The van der Waals surface area contributed by atoms with Gasteiger partial charge in [-0.1, -0.05) is 6.42 Å². The van der Waals surface area contributed by atoms with E-state index < -0.39 is 0 Å². The van der Waals surface area contributed by atoms with Crippen LogP contribution >= 0.6 is 0 Å². The van der Waals surface area contributed by atoms with Gasteiger partial charge in [0.25, 0.3) is 0 Å². The highest BCUT2D eigenvalue weighted by molar-refractivity contribution is 5.80. The first-order valence-corrected chi connectivity index (χ1v) is 7.50. The highest BCUT2D eigenvalue weighted by Gasteiger charge is 2.20. The number of hydrogen-bond acceptors (Lipinski definition) is 6. The molecule has 0 amide bonds. The van der Waals surface area contributed by atoms with E-state index in [0.29, 0.717) is 13.2 Å². The minimum atomic E-state index is -0.0985. The summed E-state index contributed by atoms with van der Waals surface area (Å²) in [5, 5.41) is 0. The molecule has 0 fully saturated rings. The summed E-state index contributed by atoms with van der Waals surface area (Å²) in [6.07, 6.45) is 5.96. The Kier molecular flexibility index (Phi) is 8.77. The molecule has 0 aromatic rings. The van der Waals surface area contributed by atoms with Gasteiger partial charge in [0.2, 0.25) is 0 Å². The summed E-state index contributed by atoms with van der Waals surface area (Å²) in [4.78, 5) is 14.4. The fourth-order valence-corrected chi connectivity index (χ4v) is 2.44. The molecule has 1 aliphatic heterocycles. The zero-order valence-corrected chi connectivity index (χ0v) is 12.7. The van der Waals surface area contributed by atoms with Crippen molar-refractivity contribution in [3.63, 3.8) is 0 Å². The van der Waals surface area contributed by atoms with Gasteiger partial charge in [0.15, 0.2) is 0 Å². The smallest absolute Gasteiger partial charge is 0.0974 e. The lowest BCUT2D eigenvalue weighted by Crippen LogP contribution is -2.33. The van der Waals surface area contributed by atoms with E-state index in [9.17, 15) is 0 Å². The SMILES string of the molecule is CCOOCC(N)CC(CC1CCCCC(N)=N1)OC. The van der Waals surface area contributed by atoms with E-state index in [4.69, 9.17) is 26.0 Å². The van der Waals surface area contributed by atoms with E-state index in [1.54, 1.807) is 7.11 Å². The summed E-state index contributed by atoms with van der Waals surface area (Å²) in [6.45, 7) is 2.78. The predicted molar refractivity (Wildman–Crippen MR) is 79.5 cm³/mol. The molecule has 3 unspecified atom stereocenters. The molecular weight excluding hydrogens is 258 g/mol. The maximum atomic E-state index is 6.01. The topological polar surface area (TPSA) is 92.1 Å². The Hall–Kier alpha value is -0.690. The molecule has 0 saturated carbocycles. The standard InChI is InChI=1S/C14H29N3O3/c1-3-19-20-10-11(15)8-13(18-2)9-12-6-4-5-7-14(16)17-12/h11-13H,3-10,15H2,1-2H3,(H2,16,17). The van der Waals surface area contributed by atoms with Crippen LogP contribution in [0.3, 0.4) is 0 Å². The number of ether oxygens (including phenoxy) is 1. The van der Waals surface area contributed by atoms with Crippen LogP contribution in [-0.4, -0.2) is 44.3 Å². The Balaban J connectivity index is 2.35. The number of nitrogens with two attached hydrogens (primary N) is 2. The molecule has 0 bridgehead atoms. The van der Waals surface area contributed by atoms with Crippen LogP contribution < -0.4 is 11.5 Å². The van der Waals surface area contributed by atoms with Gasteiger partial charge >= 0.3 is 0 Å². The fourth-order valence-electron chi connectivity index (χ4n) is 2.44. The van der Waals surface area contributed by atoms with Crippen molar-refractivity contribution in [1.29, 1.82) is 0 Å². The summed E-state index contributed by atoms with van der Waals surface area (Å²) >= 11 is 0. The maximum Gasteiger partial charge on any atom is 0.0974 e. The third kappa shape index (κ3) is 7.19. The van der Waals surface area contributed by atoms with Crippen LogP contribution in [0.2, 0.25) is 0 Å². The van der Waals surface area contributed by atoms with Crippen LogP contribution in [0, 0.1) is 0 Å². The zero-order chi connectivity index (χ0) is 14.8. The van der Waals surface area contributed by atoms with Crippen molar-refractivity contribution in [2.45, 2.75) is 63.6 Å². The van der Waals surface area contributed by atoms with Crippen molar-refractivity contribution in [3.05, 3.63) is 0 Å². The second-order valence-corrected chi connectivity index (χ2v) is 5.30. The normalized spacial score (nSPS) is 22.9. The lowest BCUT2D eigenvalue weighted by molar-refractivity contribution is -0.294. The Morgan fingerprint density at radius 1 is 1.35 bits per heavy atom. The minimum absolute atomic E-state index is 0.0786. The molecule has 1 aliphatic rings. The molecule has 0 aromatic carbocycles. The van der Waals surface area contributed by atoms with Gasteiger partial charge in [-0.05, 0) is 32.6 Å². The zero-order valence-electron chi connectivity index (χ0n) is 12.7. The molecule has 0 aromatic heterocycles. The molecule has 1 rings (SSSR count). The Labute approximate surface area is 121 Å². The monoisotopic (exact) mass is 287 g/mol. The van der Waals surface area contributed by atoms with Gasteiger partial charge in [-0.2, -0.15) is 0 Å². The van der Waals surface area contributed by atoms with Gasteiger partial charge in [0, 0.05) is 19.6 Å². The van der Waals surface area contributed by atoms with Gasteiger partial charge in [-0.25, -0.2) is 9.78 Å². The Bertz CT molecular complexity index is 287. The second kappa shape index (κ2) is 10.1. The summed E-state index contributed by atoms with van der Waals surface area (Å²) in [5.74, 6) is 0.770. The second-order valence-electron chi connectivity index (χ2n) is 5.30. The third-order valence-corrected chi connectivity index (χ3v) is 3.49. The molecule has 0 aliphatic carbocycles. The van der Waals surface area contributed by atoms with Gasteiger partial charge < -0.3 is 16.2 Å². The molecular formula is C14H29N3O3. The lowest BCUT2D eigenvalue weighted by atomic mass is 10.00. The number of amidine groups is 1. The van der Waals surface area contributed by atoms with E-state index in [-0.39, 0.29) is 18.2 Å². The van der Waals surface area contributed by atoms with Gasteiger partial charge in [0.05, 0.1) is 31.2 Å². The molecule has 1 heterocycles. The summed E-state index contributed by atoms with van der Waals surface area (Å²) in [5.41, 5.74) is 11.9. The Morgan fingerprint density at radius 2 is 2.15 bits per heavy atom. The van der Waals surface area contributed by atoms with Crippen molar-refractivity contribution >= 4 is 5.84 Å². The van der Waals surface area contributed by atoms with Crippen LogP contribution in [0.1, 0.15) is 45.4 Å². The highest BCUT2D eigenvalue weighted by Crippen LogP contribution is 2.19. The summed E-state index contributed by atoms with van der Waals surface area (Å²) < 4.78 is 5.52. The lowest BCUT2D eigenvalue weighted by Gasteiger charge is -2.22. The molecule has 0 saturated heterocycles. The van der Waals surface area contributed by atoms with Gasteiger partial charge in [-0.3, -0.25) is 4.99 Å². The number of hydrogen-bond donors (Lipinski definition) is 2. The summed E-state index contributed by atoms with van der Waals surface area (Å²) in [6, 6.07) is 0.154. The van der Waals surface area contributed by atoms with Gasteiger partial charge in [-0.15, -0.1) is 0 Å². The Morgan fingerprint density at radius 3 is 2.85 bits per heavy atom. The van der Waals surface area contributed by atoms with Crippen molar-refractivity contribution in [1.82, 2.24) is 0 Å². The number of nitrogens with zero attached hydrogens (tertiary/aromatic N) is 1. The first kappa shape index (κ1) is 17.4. The molecule has 20 heavy (non-hydrogen) atoms. The van der Waals surface area contributed by atoms with Crippen molar-refractivity contribution < 1.29 is 14.5 Å².